The summed E-state index contributed by atoms with van der Waals surface area (Å²) < 4.78 is 12.5. The highest BCUT2D eigenvalue weighted by molar-refractivity contribution is 6.31. The molecule has 104 valence electrons. The lowest BCUT2D eigenvalue weighted by Gasteiger charge is -2.08. The summed E-state index contributed by atoms with van der Waals surface area (Å²) >= 11 is 5.92. The van der Waals surface area contributed by atoms with Gasteiger partial charge in [-0.25, -0.2) is 9.97 Å². The van der Waals surface area contributed by atoms with E-state index < -0.39 is 0 Å². The van der Waals surface area contributed by atoms with Crippen LogP contribution in [0.1, 0.15) is 5.82 Å². The monoisotopic (exact) mass is 284 g/mol. The van der Waals surface area contributed by atoms with Gasteiger partial charge in [0.2, 0.25) is 0 Å². The number of methoxy groups -OCH3 is 1. The minimum Gasteiger partial charge on any atom is -0.378 e. The minimum absolute atomic E-state index is 0.421. The lowest BCUT2D eigenvalue weighted by molar-refractivity contribution is 0.129. The first kappa shape index (κ1) is 14.2. The van der Waals surface area contributed by atoms with E-state index in [4.69, 9.17) is 26.8 Å². The van der Waals surface area contributed by atoms with Crippen LogP contribution in [-0.4, -0.2) is 41.4 Å². The number of hydrogen-bond acceptors (Lipinski definition) is 5. The Balaban J connectivity index is 2.24. The second kappa shape index (κ2) is 6.81. The fraction of sp³-hybridized carbons (Fsp3) is 0.500. The van der Waals surface area contributed by atoms with E-state index in [2.05, 4.69) is 9.97 Å². The summed E-state index contributed by atoms with van der Waals surface area (Å²) in [6, 6.07) is 1.79. The molecule has 2 aromatic heterocycles. The molecule has 0 aliphatic rings. The van der Waals surface area contributed by atoms with E-state index in [0.717, 1.165) is 17.0 Å². The van der Waals surface area contributed by atoms with Gasteiger partial charge in [0.15, 0.2) is 5.65 Å². The van der Waals surface area contributed by atoms with Crippen LogP contribution in [0.15, 0.2) is 12.3 Å². The van der Waals surface area contributed by atoms with E-state index in [0.29, 0.717) is 37.9 Å². The Morgan fingerprint density at radius 1 is 1.42 bits per heavy atom. The maximum atomic E-state index is 5.92. The van der Waals surface area contributed by atoms with E-state index in [1.807, 2.05) is 4.57 Å². The first-order valence-corrected chi connectivity index (χ1v) is 6.41. The molecule has 0 aliphatic carbocycles. The van der Waals surface area contributed by atoms with Crippen LogP contribution in [0.4, 0.5) is 0 Å². The van der Waals surface area contributed by atoms with Crippen LogP contribution in [0.25, 0.3) is 11.2 Å². The first-order valence-electron chi connectivity index (χ1n) is 6.03. The first-order chi connectivity index (χ1) is 9.26. The zero-order valence-corrected chi connectivity index (χ0v) is 11.6. The summed E-state index contributed by atoms with van der Waals surface area (Å²) in [5, 5.41) is 0.570. The van der Waals surface area contributed by atoms with Crippen molar-refractivity contribution in [1.29, 1.82) is 0 Å². The van der Waals surface area contributed by atoms with E-state index >= 15 is 0 Å². The molecule has 0 unspecified atom stereocenters. The van der Waals surface area contributed by atoms with Gasteiger partial charge >= 0.3 is 0 Å². The van der Waals surface area contributed by atoms with E-state index in [9.17, 15) is 0 Å². The molecule has 2 heterocycles. The fourth-order valence-electron chi connectivity index (χ4n) is 1.85. The molecular formula is C12H17ClN4O2. The van der Waals surface area contributed by atoms with Crippen molar-refractivity contribution in [3.8, 4) is 0 Å². The second-order valence-electron chi connectivity index (χ2n) is 4.01. The Bertz CT molecular complexity index is 544. The van der Waals surface area contributed by atoms with Crippen molar-refractivity contribution < 1.29 is 9.47 Å². The van der Waals surface area contributed by atoms with Gasteiger partial charge in [-0.1, -0.05) is 11.6 Å². The van der Waals surface area contributed by atoms with E-state index in [1.54, 1.807) is 19.4 Å². The Morgan fingerprint density at radius 2 is 2.26 bits per heavy atom. The fourth-order valence-corrected chi connectivity index (χ4v) is 2.00. The van der Waals surface area contributed by atoms with Crippen molar-refractivity contribution in [2.24, 2.45) is 5.73 Å². The number of aromatic nitrogens is 3. The molecular weight excluding hydrogens is 268 g/mol. The average Bonchev–Trinajstić information content (AvgIpc) is 2.72. The quantitative estimate of drug-likeness (QED) is 0.774. The van der Waals surface area contributed by atoms with Crippen LogP contribution >= 0.6 is 11.6 Å². The Morgan fingerprint density at radius 3 is 3.00 bits per heavy atom. The van der Waals surface area contributed by atoms with Crippen molar-refractivity contribution in [1.82, 2.24) is 14.5 Å². The van der Waals surface area contributed by atoms with Crippen LogP contribution < -0.4 is 5.73 Å². The topological polar surface area (TPSA) is 75.2 Å². The van der Waals surface area contributed by atoms with E-state index in [-0.39, 0.29) is 0 Å². The normalized spacial score (nSPS) is 11.3. The summed E-state index contributed by atoms with van der Waals surface area (Å²) in [7, 11) is 1.63. The van der Waals surface area contributed by atoms with Gasteiger partial charge in [0.1, 0.15) is 17.9 Å². The van der Waals surface area contributed by atoms with Gasteiger partial charge in [-0.2, -0.15) is 0 Å². The number of hydrogen-bond donors (Lipinski definition) is 1. The average molecular weight is 285 g/mol. The minimum atomic E-state index is 0.421. The largest absolute Gasteiger partial charge is 0.378 e. The summed E-state index contributed by atoms with van der Waals surface area (Å²) in [6.07, 6.45) is 1.61. The van der Waals surface area contributed by atoms with Crippen LogP contribution in [-0.2, 0) is 22.6 Å². The molecule has 0 aromatic carbocycles. The Labute approximate surface area is 116 Å². The lowest BCUT2D eigenvalue weighted by atomic mass is 10.4. The maximum absolute atomic E-state index is 5.92. The number of imidazole rings is 1. The second-order valence-corrected chi connectivity index (χ2v) is 4.45. The predicted octanol–water partition coefficient (Wildman–Crippen LogP) is 1.21. The summed E-state index contributed by atoms with van der Waals surface area (Å²) in [5.41, 5.74) is 6.93. The molecule has 2 rings (SSSR count). The molecule has 7 heteroatoms. The molecule has 0 radical (unpaired) electrons. The molecule has 0 atom stereocenters. The number of nitrogens with two attached hydrogens (primary N) is 1. The van der Waals surface area contributed by atoms with Gasteiger partial charge in [-0.15, -0.1) is 0 Å². The van der Waals surface area contributed by atoms with Crippen LogP contribution in [0.3, 0.4) is 0 Å². The number of halogens is 1. The maximum Gasteiger partial charge on any atom is 0.160 e. The van der Waals surface area contributed by atoms with Crippen molar-refractivity contribution in [2.75, 3.05) is 26.9 Å². The third-order valence-electron chi connectivity index (χ3n) is 2.63. The number of rotatable bonds is 7. The standard InChI is InChI=1S/C12H17ClN4O2/c1-18-8-11-16-10-6-9(13)7-15-12(10)17(11)3-5-19-4-2-14/h6-7H,2-5,8,14H2,1H3. The van der Waals surface area contributed by atoms with Crippen molar-refractivity contribution in [2.45, 2.75) is 13.2 Å². The predicted molar refractivity (Wildman–Crippen MR) is 73.1 cm³/mol. The van der Waals surface area contributed by atoms with Gasteiger partial charge < -0.3 is 19.8 Å². The van der Waals surface area contributed by atoms with Crippen LogP contribution in [0, 0.1) is 0 Å². The highest BCUT2D eigenvalue weighted by Crippen LogP contribution is 2.18. The Hall–Kier alpha value is -1.21. The summed E-state index contributed by atoms with van der Waals surface area (Å²) in [5.74, 6) is 0.809. The SMILES string of the molecule is COCc1nc2cc(Cl)cnc2n1CCOCCN. The summed E-state index contributed by atoms with van der Waals surface area (Å²) in [6.45, 7) is 2.70. The molecule has 2 N–H and O–H groups in total. The molecule has 2 aromatic rings. The number of ether oxygens (including phenoxy) is 2. The van der Waals surface area contributed by atoms with Crippen LogP contribution in [0.2, 0.25) is 5.02 Å². The number of pyridine rings is 1. The van der Waals surface area contributed by atoms with Gasteiger partial charge in [0, 0.05) is 26.4 Å². The molecule has 0 spiro atoms. The summed E-state index contributed by atoms with van der Waals surface area (Å²) in [4.78, 5) is 8.79. The third-order valence-corrected chi connectivity index (χ3v) is 2.83. The molecule has 0 fully saturated rings. The van der Waals surface area contributed by atoms with Gasteiger partial charge in [0.05, 0.1) is 18.2 Å². The van der Waals surface area contributed by atoms with Gasteiger partial charge in [-0.05, 0) is 6.07 Å². The molecule has 6 nitrogen and oxygen atoms in total. The lowest BCUT2D eigenvalue weighted by Crippen LogP contribution is -2.14. The zero-order valence-electron chi connectivity index (χ0n) is 10.8. The van der Waals surface area contributed by atoms with Gasteiger partial charge in [-0.3, -0.25) is 0 Å². The smallest absolute Gasteiger partial charge is 0.160 e. The molecule has 0 saturated carbocycles. The Kier molecular flexibility index (Phi) is 5.09. The number of nitrogens with zero attached hydrogens (tertiary/aromatic N) is 3. The zero-order chi connectivity index (χ0) is 13.7. The highest BCUT2D eigenvalue weighted by Gasteiger charge is 2.11. The molecule has 0 aliphatic heterocycles. The highest BCUT2D eigenvalue weighted by atomic mass is 35.5. The van der Waals surface area contributed by atoms with Crippen LogP contribution in [0.5, 0.6) is 0 Å². The van der Waals surface area contributed by atoms with Crippen molar-refractivity contribution >= 4 is 22.8 Å². The molecule has 0 bridgehead atoms. The third kappa shape index (κ3) is 3.42. The molecule has 0 saturated heterocycles. The number of fused-ring (bicyclic) bond motifs is 1. The van der Waals surface area contributed by atoms with Crippen molar-refractivity contribution in [3.63, 3.8) is 0 Å². The van der Waals surface area contributed by atoms with Crippen molar-refractivity contribution in [3.05, 3.63) is 23.1 Å². The van der Waals surface area contributed by atoms with E-state index in [1.165, 1.54) is 0 Å². The molecule has 19 heavy (non-hydrogen) atoms. The molecule has 0 amide bonds. The van der Waals surface area contributed by atoms with Gasteiger partial charge in [0.25, 0.3) is 0 Å².